The first kappa shape index (κ1) is 19.8. The molecule has 1 aromatic heterocycles. The number of pyridine rings is 1. The third kappa shape index (κ3) is 3.56. The number of fused-ring (bicyclic) bond motifs is 1. The molecule has 1 saturated heterocycles. The van der Waals surface area contributed by atoms with Crippen molar-refractivity contribution in [3.63, 3.8) is 0 Å². The van der Waals surface area contributed by atoms with Gasteiger partial charge in [-0.15, -0.1) is 0 Å². The summed E-state index contributed by atoms with van der Waals surface area (Å²) in [5.41, 5.74) is 5.65. The summed E-state index contributed by atoms with van der Waals surface area (Å²) in [7, 11) is 0. The van der Waals surface area contributed by atoms with Crippen molar-refractivity contribution in [3.8, 4) is 11.6 Å². The summed E-state index contributed by atoms with van der Waals surface area (Å²) in [6.45, 7) is 4.72. The Labute approximate surface area is 160 Å². The van der Waals surface area contributed by atoms with Crippen LogP contribution in [0.25, 0.3) is 10.8 Å². The SMILES string of the molecule is CC(C)Oc1cc2c(OCC3NC(=O)C(F)(F)C3C)nccc2cc1C(N)=O. The number of aromatic nitrogens is 1. The molecule has 1 aliphatic heterocycles. The van der Waals surface area contributed by atoms with E-state index in [1.54, 1.807) is 32.0 Å². The van der Waals surface area contributed by atoms with Crippen LogP contribution in [0, 0.1) is 5.92 Å². The monoisotopic (exact) mass is 393 g/mol. The van der Waals surface area contributed by atoms with Crippen LogP contribution in [0.4, 0.5) is 8.78 Å². The zero-order valence-corrected chi connectivity index (χ0v) is 15.7. The van der Waals surface area contributed by atoms with Crippen LogP contribution in [0.2, 0.25) is 0 Å². The van der Waals surface area contributed by atoms with Crippen molar-refractivity contribution >= 4 is 22.6 Å². The number of benzene rings is 1. The molecule has 2 unspecified atom stereocenters. The number of primary amides is 1. The molecule has 0 spiro atoms. The van der Waals surface area contributed by atoms with Crippen LogP contribution < -0.4 is 20.5 Å². The van der Waals surface area contributed by atoms with Gasteiger partial charge in [-0.3, -0.25) is 9.59 Å². The first-order valence-corrected chi connectivity index (χ1v) is 8.82. The van der Waals surface area contributed by atoms with E-state index in [4.69, 9.17) is 15.2 Å². The maximum Gasteiger partial charge on any atom is 0.329 e. The lowest BCUT2D eigenvalue weighted by Gasteiger charge is -2.19. The highest BCUT2D eigenvalue weighted by atomic mass is 19.3. The minimum atomic E-state index is -3.44. The predicted octanol–water partition coefficient (Wildman–Crippen LogP) is 2.27. The topological polar surface area (TPSA) is 104 Å². The number of nitrogens with two attached hydrogens (primary N) is 1. The van der Waals surface area contributed by atoms with E-state index >= 15 is 0 Å². The fourth-order valence-corrected chi connectivity index (χ4v) is 3.04. The van der Waals surface area contributed by atoms with Crippen LogP contribution in [0.3, 0.4) is 0 Å². The lowest BCUT2D eigenvalue weighted by Crippen LogP contribution is -2.34. The Kier molecular flexibility index (Phi) is 5.10. The molecular weight excluding hydrogens is 372 g/mol. The van der Waals surface area contributed by atoms with Gasteiger partial charge in [0, 0.05) is 11.6 Å². The number of ether oxygens (including phenoxy) is 2. The summed E-state index contributed by atoms with van der Waals surface area (Å²) < 4.78 is 38.7. The first-order chi connectivity index (χ1) is 13.1. The van der Waals surface area contributed by atoms with Crippen molar-refractivity contribution in [2.24, 2.45) is 11.7 Å². The maximum absolute atomic E-state index is 13.7. The quantitative estimate of drug-likeness (QED) is 0.784. The van der Waals surface area contributed by atoms with E-state index in [-0.39, 0.29) is 29.9 Å². The van der Waals surface area contributed by atoms with E-state index < -0.39 is 29.7 Å². The summed E-state index contributed by atoms with van der Waals surface area (Å²) in [6.07, 6.45) is 1.27. The lowest BCUT2D eigenvalue weighted by molar-refractivity contribution is -0.143. The molecule has 0 aliphatic carbocycles. The number of nitrogens with zero attached hydrogens (tertiary/aromatic N) is 1. The zero-order valence-electron chi connectivity index (χ0n) is 15.7. The number of nitrogens with one attached hydrogen (secondary N) is 1. The number of halogens is 2. The molecule has 1 aromatic carbocycles. The summed E-state index contributed by atoms with van der Waals surface area (Å²) in [6, 6.07) is 3.97. The van der Waals surface area contributed by atoms with Crippen LogP contribution in [-0.4, -0.2) is 41.5 Å². The molecule has 2 amide bonds. The molecule has 7 nitrogen and oxygen atoms in total. The average molecular weight is 393 g/mol. The smallest absolute Gasteiger partial charge is 0.329 e. The van der Waals surface area contributed by atoms with Gasteiger partial charge in [0.25, 0.3) is 11.8 Å². The second-order valence-corrected chi connectivity index (χ2v) is 7.02. The van der Waals surface area contributed by atoms with Crippen molar-refractivity contribution in [1.82, 2.24) is 10.3 Å². The van der Waals surface area contributed by atoms with Crippen molar-refractivity contribution in [2.75, 3.05) is 6.61 Å². The highest BCUT2D eigenvalue weighted by Gasteiger charge is 2.55. The third-order valence-electron chi connectivity index (χ3n) is 4.65. The van der Waals surface area contributed by atoms with Gasteiger partial charge in [0.05, 0.1) is 23.6 Å². The Morgan fingerprint density at radius 2 is 2.11 bits per heavy atom. The van der Waals surface area contributed by atoms with E-state index in [0.717, 1.165) is 0 Å². The molecule has 1 aliphatic rings. The highest BCUT2D eigenvalue weighted by molar-refractivity contribution is 6.01. The fourth-order valence-electron chi connectivity index (χ4n) is 3.04. The number of alkyl halides is 2. The molecule has 28 heavy (non-hydrogen) atoms. The van der Waals surface area contributed by atoms with Crippen molar-refractivity contribution in [2.45, 2.75) is 38.8 Å². The van der Waals surface area contributed by atoms with Gasteiger partial charge in [-0.05, 0) is 37.4 Å². The van der Waals surface area contributed by atoms with Gasteiger partial charge in [0.1, 0.15) is 12.4 Å². The Morgan fingerprint density at radius 1 is 1.39 bits per heavy atom. The number of amides is 2. The number of carbonyl (C=O) groups is 2. The normalized spacial score (nSPS) is 21.0. The Bertz CT molecular complexity index is 933. The molecule has 0 saturated carbocycles. The molecular formula is C19H21F2N3O4. The molecule has 3 N–H and O–H groups in total. The Hall–Kier alpha value is -2.97. The highest BCUT2D eigenvalue weighted by Crippen LogP contribution is 2.34. The van der Waals surface area contributed by atoms with Gasteiger partial charge in [-0.25, -0.2) is 4.98 Å². The van der Waals surface area contributed by atoms with Crippen LogP contribution in [0.1, 0.15) is 31.1 Å². The van der Waals surface area contributed by atoms with Crippen molar-refractivity contribution in [1.29, 1.82) is 0 Å². The van der Waals surface area contributed by atoms with E-state index in [1.807, 2.05) is 0 Å². The molecule has 2 aromatic rings. The summed E-state index contributed by atoms with van der Waals surface area (Å²) in [4.78, 5) is 27.3. The van der Waals surface area contributed by atoms with Gasteiger partial charge in [-0.1, -0.05) is 6.92 Å². The van der Waals surface area contributed by atoms with Gasteiger partial charge in [0.15, 0.2) is 0 Å². The summed E-state index contributed by atoms with van der Waals surface area (Å²) in [5, 5.41) is 3.41. The van der Waals surface area contributed by atoms with Crippen LogP contribution in [0.5, 0.6) is 11.6 Å². The Morgan fingerprint density at radius 3 is 2.68 bits per heavy atom. The second-order valence-electron chi connectivity index (χ2n) is 7.02. The van der Waals surface area contributed by atoms with Gasteiger partial charge in [0.2, 0.25) is 5.88 Å². The van der Waals surface area contributed by atoms with Crippen LogP contribution in [-0.2, 0) is 4.79 Å². The van der Waals surface area contributed by atoms with Crippen LogP contribution in [0.15, 0.2) is 24.4 Å². The van der Waals surface area contributed by atoms with E-state index in [1.165, 1.54) is 13.1 Å². The number of rotatable bonds is 6. The minimum absolute atomic E-state index is 0.174. The number of hydrogen-bond donors (Lipinski definition) is 2. The molecule has 9 heteroatoms. The summed E-state index contributed by atoms with van der Waals surface area (Å²) in [5.74, 6) is -6.13. The van der Waals surface area contributed by atoms with Gasteiger partial charge >= 0.3 is 5.92 Å². The van der Waals surface area contributed by atoms with Gasteiger partial charge < -0.3 is 20.5 Å². The average Bonchev–Trinajstić information content (AvgIpc) is 2.81. The van der Waals surface area contributed by atoms with E-state index in [2.05, 4.69) is 10.3 Å². The second kappa shape index (κ2) is 7.21. The fraction of sp³-hybridized carbons (Fsp3) is 0.421. The molecule has 1 fully saturated rings. The van der Waals surface area contributed by atoms with E-state index in [9.17, 15) is 18.4 Å². The number of carbonyl (C=O) groups excluding carboxylic acids is 2. The van der Waals surface area contributed by atoms with Gasteiger partial charge in [-0.2, -0.15) is 8.78 Å². The molecule has 2 atom stereocenters. The first-order valence-electron chi connectivity index (χ1n) is 8.82. The van der Waals surface area contributed by atoms with Crippen molar-refractivity contribution in [3.05, 3.63) is 30.0 Å². The van der Waals surface area contributed by atoms with Crippen LogP contribution >= 0.6 is 0 Å². The standard InChI is InChI=1S/C19H21F2N3O4/c1-9(2)28-15-7-12-11(6-13(15)16(22)25)4-5-23-17(12)27-8-14-10(3)19(20,21)18(26)24-14/h4-7,9-10,14H,8H2,1-3H3,(H2,22,25)(H,24,26). The molecule has 150 valence electrons. The van der Waals surface area contributed by atoms with E-state index in [0.29, 0.717) is 10.8 Å². The molecule has 3 rings (SSSR count). The molecule has 0 bridgehead atoms. The third-order valence-corrected chi connectivity index (χ3v) is 4.65. The van der Waals surface area contributed by atoms with Crippen molar-refractivity contribution < 1.29 is 27.8 Å². The maximum atomic E-state index is 13.7. The lowest BCUT2D eigenvalue weighted by atomic mass is 10.0. The zero-order chi connectivity index (χ0) is 20.6. The Balaban J connectivity index is 1.91. The molecule has 2 heterocycles. The predicted molar refractivity (Wildman–Crippen MR) is 97.6 cm³/mol. The largest absolute Gasteiger partial charge is 0.490 e. The summed E-state index contributed by atoms with van der Waals surface area (Å²) >= 11 is 0. The number of hydrogen-bond acceptors (Lipinski definition) is 5. The molecule has 0 radical (unpaired) electrons. The minimum Gasteiger partial charge on any atom is -0.490 e.